The zero-order valence-corrected chi connectivity index (χ0v) is 23.0. The Morgan fingerprint density at radius 2 is 1.36 bits per heavy atom. The van der Waals surface area contributed by atoms with Gasteiger partial charge in [-0.05, 0) is 66.8 Å². The first-order valence-corrected chi connectivity index (χ1v) is 14.1. The second-order valence-electron chi connectivity index (χ2n) is 9.08. The van der Waals surface area contributed by atoms with Gasteiger partial charge in [0.2, 0.25) is 0 Å². The maximum atomic E-state index is 13.4. The van der Waals surface area contributed by atoms with Crippen molar-refractivity contribution < 1.29 is 14.3 Å². The van der Waals surface area contributed by atoms with Crippen LogP contribution in [-0.2, 0) is 28.8 Å². The van der Waals surface area contributed by atoms with Crippen LogP contribution in [0, 0.1) is 0 Å². The molecule has 6 heteroatoms. The SMILES string of the molecule is CCOC(=O)Cc1cccc(Sc2cccc(N(CCc3ccccc3)C(=O)NCCc3ccccc3)c2)c1. The molecule has 0 fully saturated rings. The lowest BCUT2D eigenvalue weighted by molar-refractivity contribution is -0.142. The van der Waals surface area contributed by atoms with Gasteiger partial charge in [0.05, 0.1) is 13.0 Å². The van der Waals surface area contributed by atoms with Crippen LogP contribution in [0.2, 0.25) is 0 Å². The molecule has 0 saturated carbocycles. The van der Waals surface area contributed by atoms with E-state index in [-0.39, 0.29) is 18.4 Å². The smallest absolute Gasteiger partial charge is 0.321 e. The third-order valence-corrected chi connectivity index (χ3v) is 7.14. The Kier molecular flexibility index (Phi) is 10.6. The van der Waals surface area contributed by atoms with Crippen LogP contribution in [0.1, 0.15) is 23.6 Å². The number of amides is 2. The van der Waals surface area contributed by atoms with Crippen LogP contribution >= 0.6 is 11.8 Å². The van der Waals surface area contributed by atoms with Crippen LogP contribution in [0.25, 0.3) is 0 Å². The number of ether oxygens (including phenoxy) is 1. The topological polar surface area (TPSA) is 58.6 Å². The molecule has 5 nitrogen and oxygen atoms in total. The number of carbonyl (C=O) groups is 2. The Bertz CT molecular complexity index is 1350. The first-order valence-electron chi connectivity index (χ1n) is 13.3. The summed E-state index contributed by atoms with van der Waals surface area (Å²) in [5, 5.41) is 3.11. The van der Waals surface area contributed by atoms with E-state index in [0.717, 1.165) is 33.9 Å². The number of urea groups is 1. The largest absolute Gasteiger partial charge is 0.466 e. The summed E-state index contributed by atoms with van der Waals surface area (Å²) in [5.74, 6) is -0.228. The van der Waals surface area contributed by atoms with Gasteiger partial charge in [0.25, 0.3) is 0 Å². The van der Waals surface area contributed by atoms with Crippen molar-refractivity contribution in [1.82, 2.24) is 5.32 Å². The highest BCUT2D eigenvalue weighted by Crippen LogP contribution is 2.31. The fourth-order valence-corrected chi connectivity index (χ4v) is 5.19. The molecule has 0 aliphatic heterocycles. The van der Waals surface area contributed by atoms with Crippen LogP contribution < -0.4 is 10.2 Å². The van der Waals surface area contributed by atoms with E-state index in [2.05, 4.69) is 29.6 Å². The number of nitrogens with zero attached hydrogens (tertiary/aromatic N) is 1. The van der Waals surface area contributed by atoms with E-state index in [0.29, 0.717) is 19.7 Å². The van der Waals surface area contributed by atoms with Gasteiger partial charge in [0, 0.05) is 28.6 Å². The first-order chi connectivity index (χ1) is 19.1. The number of anilines is 1. The third-order valence-electron chi connectivity index (χ3n) is 6.16. The zero-order chi connectivity index (χ0) is 27.3. The molecule has 0 bridgehead atoms. The lowest BCUT2D eigenvalue weighted by Crippen LogP contribution is -2.42. The number of hydrogen-bond donors (Lipinski definition) is 1. The summed E-state index contributed by atoms with van der Waals surface area (Å²) in [7, 11) is 0. The van der Waals surface area contributed by atoms with E-state index in [9.17, 15) is 9.59 Å². The molecule has 0 radical (unpaired) electrons. The van der Waals surface area contributed by atoms with E-state index < -0.39 is 0 Å². The van der Waals surface area contributed by atoms with E-state index in [1.165, 1.54) is 11.1 Å². The molecule has 4 aromatic rings. The van der Waals surface area contributed by atoms with Crippen molar-refractivity contribution in [3.05, 3.63) is 126 Å². The molecule has 0 aliphatic rings. The number of hydrogen-bond acceptors (Lipinski definition) is 4. The molecule has 4 rings (SSSR count). The minimum absolute atomic E-state index is 0.111. The van der Waals surface area contributed by atoms with Crippen LogP contribution in [0.4, 0.5) is 10.5 Å². The average molecular weight is 539 g/mol. The van der Waals surface area contributed by atoms with Gasteiger partial charge in [-0.1, -0.05) is 90.6 Å². The second kappa shape index (κ2) is 14.8. The fraction of sp³-hybridized carbons (Fsp3) is 0.212. The van der Waals surface area contributed by atoms with Gasteiger partial charge in [-0.15, -0.1) is 0 Å². The number of esters is 1. The van der Waals surface area contributed by atoms with Crippen molar-refractivity contribution in [2.45, 2.75) is 36.0 Å². The number of nitrogens with one attached hydrogen (secondary N) is 1. The molecular weight excluding hydrogens is 504 g/mol. The van der Waals surface area contributed by atoms with Crippen LogP contribution in [0.15, 0.2) is 119 Å². The Balaban J connectivity index is 1.47. The van der Waals surface area contributed by atoms with E-state index in [1.54, 1.807) is 11.8 Å². The van der Waals surface area contributed by atoms with Gasteiger partial charge in [-0.3, -0.25) is 9.69 Å². The van der Waals surface area contributed by atoms with Crippen molar-refractivity contribution in [3.63, 3.8) is 0 Å². The Morgan fingerprint density at radius 1 is 0.744 bits per heavy atom. The van der Waals surface area contributed by atoms with Crippen molar-refractivity contribution in [2.24, 2.45) is 0 Å². The monoisotopic (exact) mass is 538 g/mol. The maximum Gasteiger partial charge on any atom is 0.321 e. The number of benzene rings is 4. The predicted molar refractivity (Wildman–Crippen MR) is 158 cm³/mol. The Morgan fingerprint density at radius 3 is 2.05 bits per heavy atom. The maximum absolute atomic E-state index is 13.4. The molecule has 0 aromatic heterocycles. The molecule has 4 aromatic carbocycles. The van der Waals surface area contributed by atoms with Crippen LogP contribution in [-0.4, -0.2) is 31.7 Å². The summed E-state index contributed by atoms with van der Waals surface area (Å²) in [4.78, 5) is 29.2. The van der Waals surface area contributed by atoms with Crippen molar-refractivity contribution >= 4 is 29.4 Å². The van der Waals surface area contributed by atoms with Gasteiger partial charge in [-0.25, -0.2) is 4.79 Å². The second-order valence-corrected chi connectivity index (χ2v) is 10.2. The van der Waals surface area contributed by atoms with E-state index in [1.807, 2.05) is 96.8 Å². The summed E-state index contributed by atoms with van der Waals surface area (Å²) in [6.45, 7) is 3.31. The molecule has 0 spiro atoms. The minimum atomic E-state index is -0.228. The normalized spacial score (nSPS) is 10.6. The molecular formula is C33H34N2O3S. The third kappa shape index (κ3) is 9.04. The molecule has 0 aliphatic carbocycles. The van der Waals surface area contributed by atoms with E-state index in [4.69, 9.17) is 4.74 Å². The minimum Gasteiger partial charge on any atom is -0.466 e. The average Bonchev–Trinajstić information content (AvgIpc) is 2.95. The molecule has 0 atom stereocenters. The Labute approximate surface area is 235 Å². The van der Waals surface area contributed by atoms with Gasteiger partial charge in [0.15, 0.2) is 0 Å². The first kappa shape index (κ1) is 28.0. The van der Waals surface area contributed by atoms with Crippen molar-refractivity contribution in [2.75, 3.05) is 24.6 Å². The van der Waals surface area contributed by atoms with Gasteiger partial charge in [-0.2, -0.15) is 0 Å². The standard InChI is InChI=1S/C33H34N2O3S/c1-2-38-32(36)24-28-15-9-17-30(23-28)39-31-18-10-16-29(25-31)35(22-20-27-13-7-4-8-14-27)33(37)34-21-19-26-11-5-3-6-12-26/h3-18,23,25H,2,19-22,24H2,1H3,(H,34,37). The van der Waals surface area contributed by atoms with Crippen LogP contribution in [0.3, 0.4) is 0 Å². The summed E-state index contributed by atoms with van der Waals surface area (Å²) in [5.41, 5.74) is 4.13. The molecule has 0 unspecified atom stereocenters. The highest BCUT2D eigenvalue weighted by atomic mass is 32.2. The summed E-state index contributed by atoms with van der Waals surface area (Å²) < 4.78 is 5.09. The van der Waals surface area contributed by atoms with Gasteiger partial charge < -0.3 is 10.1 Å². The molecule has 39 heavy (non-hydrogen) atoms. The lowest BCUT2D eigenvalue weighted by atomic mass is 10.1. The van der Waals surface area contributed by atoms with Crippen molar-refractivity contribution in [1.29, 1.82) is 0 Å². The van der Waals surface area contributed by atoms with Crippen molar-refractivity contribution in [3.8, 4) is 0 Å². The molecule has 1 N–H and O–H groups in total. The van der Waals surface area contributed by atoms with Gasteiger partial charge >= 0.3 is 12.0 Å². The zero-order valence-electron chi connectivity index (χ0n) is 22.2. The predicted octanol–water partition coefficient (Wildman–Crippen LogP) is 6.94. The molecule has 200 valence electrons. The highest BCUT2D eigenvalue weighted by Gasteiger charge is 2.16. The number of carbonyl (C=O) groups excluding carboxylic acids is 2. The summed E-state index contributed by atoms with van der Waals surface area (Å²) in [6.07, 6.45) is 1.77. The lowest BCUT2D eigenvalue weighted by Gasteiger charge is -2.24. The fourth-order valence-electron chi connectivity index (χ4n) is 4.24. The highest BCUT2D eigenvalue weighted by molar-refractivity contribution is 7.99. The summed E-state index contributed by atoms with van der Waals surface area (Å²) in [6, 6.07) is 36.2. The summed E-state index contributed by atoms with van der Waals surface area (Å²) >= 11 is 1.60. The quantitative estimate of drug-likeness (QED) is 0.198. The Hall–Kier alpha value is -4.03. The number of rotatable bonds is 12. The molecule has 0 heterocycles. The van der Waals surface area contributed by atoms with E-state index >= 15 is 0 Å². The molecule has 0 saturated heterocycles. The molecule has 2 amide bonds. The van der Waals surface area contributed by atoms with Gasteiger partial charge in [0.1, 0.15) is 0 Å². The van der Waals surface area contributed by atoms with Crippen LogP contribution in [0.5, 0.6) is 0 Å².